The SMILES string of the molecule is O=C(O)c1ccc(-c2[nH]nc3cc(F)ccc23)cc1. The summed E-state index contributed by atoms with van der Waals surface area (Å²) in [6.07, 6.45) is 0. The van der Waals surface area contributed by atoms with Gasteiger partial charge in [-0.3, -0.25) is 5.10 Å². The topological polar surface area (TPSA) is 66.0 Å². The van der Waals surface area contributed by atoms with Crippen LogP contribution in [-0.4, -0.2) is 21.3 Å². The Morgan fingerprint density at radius 3 is 2.58 bits per heavy atom. The molecule has 1 aromatic heterocycles. The number of fused-ring (bicyclic) bond motifs is 1. The van der Waals surface area contributed by atoms with Crippen molar-refractivity contribution in [2.75, 3.05) is 0 Å². The van der Waals surface area contributed by atoms with Gasteiger partial charge in [0.15, 0.2) is 0 Å². The first-order chi connectivity index (χ1) is 9.15. The fraction of sp³-hybridized carbons (Fsp3) is 0. The number of rotatable bonds is 2. The molecule has 4 nitrogen and oxygen atoms in total. The van der Waals surface area contributed by atoms with Gasteiger partial charge in [0.05, 0.1) is 16.8 Å². The van der Waals surface area contributed by atoms with Gasteiger partial charge in [-0.1, -0.05) is 12.1 Å². The lowest BCUT2D eigenvalue weighted by molar-refractivity contribution is 0.0697. The highest BCUT2D eigenvalue weighted by atomic mass is 19.1. The maximum Gasteiger partial charge on any atom is 0.335 e. The molecule has 3 aromatic rings. The average Bonchev–Trinajstić information content (AvgIpc) is 2.81. The van der Waals surface area contributed by atoms with Gasteiger partial charge in [-0.2, -0.15) is 5.10 Å². The number of aromatic nitrogens is 2. The first-order valence-electron chi connectivity index (χ1n) is 5.62. The van der Waals surface area contributed by atoms with Crippen molar-refractivity contribution >= 4 is 16.9 Å². The number of nitrogens with zero attached hydrogens (tertiary/aromatic N) is 1. The Hall–Kier alpha value is -2.69. The largest absolute Gasteiger partial charge is 0.478 e. The number of aromatic amines is 1. The van der Waals surface area contributed by atoms with E-state index in [-0.39, 0.29) is 11.4 Å². The molecule has 0 saturated heterocycles. The average molecular weight is 256 g/mol. The second kappa shape index (κ2) is 4.20. The van der Waals surface area contributed by atoms with Crippen LogP contribution in [0.2, 0.25) is 0 Å². The molecule has 0 aliphatic heterocycles. The Morgan fingerprint density at radius 2 is 1.89 bits per heavy atom. The fourth-order valence-electron chi connectivity index (χ4n) is 1.98. The van der Waals surface area contributed by atoms with E-state index in [9.17, 15) is 9.18 Å². The van der Waals surface area contributed by atoms with Gasteiger partial charge in [-0.15, -0.1) is 0 Å². The summed E-state index contributed by atoms with van der Waals surface area (Å²) in [5, 5.41) is 16.5. The number of hydrogen-bond acceptors (Lipinski definition) is 2. The first-order valence-corrected chi connectivity index (χ1v) is 5.62. The van der Waals surface area contributed by atoms with Crippen molar-refractivity contribution in [1.29, 1.82) is 0 Å². The molecule has 0 unspecified atom stereocenters. The summed E-state index contributed by atoms with van der Waals surface area (Å²) in [6.45, 7) is 0. The predicted octanol–water partition coefficient (Wildman–Crippen LogP) is 3.07. The molecule has 1 heterocycles. The van der Waals surface area contributed by atoms with Crippen LogP contribution < -0.4 is 0 Å². The standard InChI is InChI=1S/C14H9FN2O2/c15-10-5-6-11-12(7-10)16-17-13(11)8-1-3-9(4-2-8)14(18)19/h1-7H,(H,16,17)(H,18,19). The number of carboxylic acids is 1. The summed E-state index contributed by atoms with van der Waals surface area (Å²) in [5.41, 5.74) is 2.31. The number of H-pyrrole nitrogens is 1. The molecule has 2 aromatic carbocycles. The van der Waals surface area contributed by atoms with E-state index >= 15 is 0 Å². The summed E-state index contributed by atoms with van der Waals surface area (Å²) in [5.74, 6) is -1.31. The highest BCUT2D eigenvalue weighted by Gasteiger charge is 2.09. The van der Waals surface area contributed by atoms with E-state index in [0.717, 1.165) is 16.6 Å². The normalized spacial score (nSPS) is 10.8. The smallest absolute Gasteiger partial charge is 0.335 e. The molecular weight excluding hydrogens is 247 g/mol. The van der Waals surface area contributed by atoms with Crippen molar-refractivity contribution in [3.63, 3.8) is 0 Å². The van der Waals surface area contributed by atoms with Gasteiger partial charge in [0.1, 0.15) is 5.82 Å². The van der Waals surface area contributed by atoms with E-state index < -0.39 is 5.97 Å². The Kier molecular flexibility index (Phi) is 2.52. The molecule has 0 aliphatic carbocycles. The van der Waals surface area contributed by atoms with Crippen LogP contribution in [0.3, 0.4) is 0 Å². The Bertz CT molecular complexity index is 763. The van der Waals surface area contributed by atoms with Crippen molar-refractivity contribution < 1.29 is 14.3 Å². The summed E-state index contributed by atoms with van der Waals surface area (Å²) in [6, 6.07) is 10.8. The molecule has 0 spiro atoms. The zero-order chi connectivity index (χ0) is 13.4. The van der Waals surface area contributed by atoms with E-state index in [1.54, 1.807) is 18.2 Å². The number of aromatic carboxylic acids is 1. The molecule has 0 radical (unpaired) electrons. The zero-order valence-electron chi connectivity index (χ0n) is 9.72. The Balaban J connectivity index is 2.11. The zero-order valence-corrected chi connectivity index (χ0v) is 9.72. The van der Waals surface area contributed by atoms with Gasteiger partial charge in [-0.25, -0.2) is 9.18 Å². The maximum absolute atomic E-state index is 13.1. The number of carbonyl (C=O) groups is 1. The fourth-order valence-corrected chi connectivity index (χ4v) is 1.98. The third-order valence-electron chi connectivity index (χ3n) is 2.94. The second-order valence-corrected chi connectivity index (χ2v) is 4.14. The highest BCUT2D eigenvalue weighted by Crippen LogP contribution is 2.26. The van der Waals surface area contributed by atoms with Crippen LogP contribution in [0.5, 0.6) is 0 Å². The monoisotopic (exact) mass is 256 g/mol. The Morgan fingerprint density at radius 1 is 1.16 bits per heavy atom. The van der Waals surface area contributed by atoms with Crippen LogP contribution in [0.25, 0.3) is 22.2 Å². The van der Waals surface area contributed by atoms with E-state index in [2.05, 4.69) is 10.2 Å². The van der Waals surface area contributed by atoms with E-state index in [1.165, 1.54) is 24.3 Å². The molecule has 19 heavy (non-hydrogen) atoms. The van der Waals surface area contributed by atoms with Gasteiger partial charge in [-0.05, 0) is 24.3 Å². The molecule has 0 aliphatic rings. The van der Waals surface area contributed by atoms with Crippen LogP contribution >= 0.6 is 0 Å². The molecular formula is C14H9FN2O2. The maximum atomic E-state index is 13.1. The second-order valence-electron chi connectivity index (χ2n) is 4.14. The summed E-state index contributed by atoms with van der Waals surface area (Å²) in [7, 11) is 0. The number of carboxylic acid groups (broad SMARTS) is 1. The van der Waals surface area contributed by atoms with Crippen molar-refractivity contribution in [3.8, 4) is 11.3 Å². The van der Waals surface area contributed by atoms with Crippen molar-refractivity contribution in [3.05, 3.63) is 53.8 Å². The molecule has 0 saturated carbocycles. The lowest BCUT2D eigenvalue weighted by Gasteiger charge is -2.00. The van der Waals surface area contributed by atoms with Gasteiger partial charge in [0, 0.05) is 17.0 Å². The molecule has 3 rings (SSSR count). The van der Waals surface area contributed by atoms with Crippen molar-refractivity contribution in [2.45, 2.75) is 0 Å². The number of nitrogens with one attached hydrogen (secondary N) is 1. The number of benzene rings is 2. The number of halogens is 1. The molecule has 0 bridgehead atoms. The third-order valence-corrected chi connectivity index (χ3v) is 2.94. The van der Waals surface area contributed by atoms with Gasteiger partial charge in [0.2, 0.25) is 0 Å². The minimum absolute atomic E-state index is 0.221. The van der Waals surface area contributed by atoms with E-state index in [4.69, 9.17) is 5.11 Å². The quantitative estimate of drug-likeness (QED) is 0.740. The predicted molar refractivity (Wildman–Crippen MR) is 68.4 cm³/mol. The molecule has 0 fully saturated rings. The lowest BCUT2D eigenvalue weighted by Crippen LogP contribution is -1.95. The highest BCUT2D eigenvalue weighted by molar-refractivity contribution is 5.94. The van der Waals surface area contributed by atoms with E-state index in [0.29, 0.717) is 5.52 Å². The van der Waals surface area contributed by atoms with Gasteiger partial charge in [0.25, 0.3) is 0 Å². The minimum atomic E-state index is -0.969. The summed E-state index contributed by atoms with van der Waals surface area (Å²) >= 11 is 0. The minimum Gasteiger partial charge on any atom is -0.478 e. The lowest BCUT2D eigenvalue weighted by atomic mass is 10.1. The Labute approximate surface area is 107 Å². The van der Waals surface area contributed by atoms with E-state index in [1.807, 2.05) is 0 Å². The van der Waals surface area contributed by atoms with Crippen LogP contribution in [0, 0.1) is 5.82 Å². The summed E-state index contributed by atoms with van der Waals surface area (Å²) in [4.78, 5) is 10.8. The number of hydrogen-bond donors (Lipinski definition) is 2. The molecule has 5 heteroatoms. The van der Waals surface area contributed by atoms with Gasteiger partial charge < -0.3 is 5.11 Å². The summed E-state index contributed by atoms with van der Waals surface area (Å²) < 4.78 is 13.1. The van der Waals surface area contributed by atoms with Crippen LogP contribution in [-0.2, 0) is 0 Å². The molecule has 94 valence electrons. The molecule has 2 N–H and O–H groups in total. The van der Waals surface area contributed by atoms with Gasteiger partial charge >= 0.3 is 5.97 Å². The third kappa shape index (κ3) is 1.95. The van der Waals surface area contributed by atoms with Crippen LogP contribution in [0.1, 0.15) is 10.4 Å². The van der Waals surface area contributed by atoms with Crippen molar-refractivity contribution in [2.24, 2.45) is 0 Å². The molecule has 0 amide bonds. The van der Waals surface area contributed by atoms with Crippen LogP contribution in [0.15, 0.2) is 42.5 Å². The van der Waals surface area contributed by atoms with Crippen LogP contribution in [0.4, 0.5) is 4.39 Å². The molecule has 0 atom stereocenters. The first kappa shape index (κ1) is 11.4. The van der Waals surface area contributed by atoms with Crippen molar-refractivity contribution in [1.82, 2.24) is 10.2 Å².